The van der Waals surface area contributed by atoms with Crippen molar-refractivity contribution in [2.75, 3.05) is 6.26 Å². The van der Waals surface area contributed by atoms with Crippen molar-refractivity contribution in [3.63, 3.8) is 0 Å². The molecule has 1 aromatic carbocycles. The highest BCUT2D eigenvalue weighted by molar-refractivity contribution is 8.13. The predicted molar refractivity (Wildman–Crippen MR) is 46.7 cm³/mol. The lowest BCUT2D eigenvalue weighted by molar-refractivity contribution is 0.625. The molecule has 0 spiro atoms. The van der Waals surface area contributed by atoms with E-state index in [1.54, 1.807) is 24.5 Å². The van der Waals surface area contributed by atoms with E-state index in [0.29, 0.717) is 5.56 Å². The highest BCUT2D eigenvalue weighted by atomic mass is 32.2. The fraction of sp³-hybridized carbons (Fsp3) is 0.125. The van der Waals surface area contributed by atoms with E-state index < -0.39 is 0 Å². The number of rotatable bonds is 1. The van der Waals surface area contributed by atoms with E-state index >= 15 is 0 Å². The molecular weight excluding hydrogens is 161 g/mol. The molecule has 1 nitrogen and oxygen atoms in total. The van der Waals surface area contributed by atoms with Gasteiger partial charge in [0, 0.05) is 5.56 Å². The topological polar surface area (TPSA) is 23.9 Å². The lowest BCUT2D eigenvalue weighted by Gasteiger charge is -1.99. The van der Waals surface area contributed by atoms with Gasteiger partial charge in [-0.1, -0.05) is 12.1 Å². The smallest absolute Gasteiger partial charge is 0.133 e. The molecule has 58 valence electrons. The molecule has 0 fully saturated rings. The van der Waals surface area contributed by atoms with Crippen LogP contribution in [0.4, 0.5) is 4.39 Å². The summed E-state index contributed by atoms with van der Waals surface area (Å²) < 4.78 is 12.9. The minimum absolute atomic E-state index is 0.267. The summed E-state index contributed by atoms with van der Waals surface area (Å²) in [6.45, 7) is 0. The van der Waals surface area contributed by atoms with Gasteiger partial charge in [0.15, 0.2) is 0 Å². The monoisotopic (exact) mass is 169 g/mol. The van der Waals surface area contributed by atoms with Crippen LogP contribution in [-0.2, 0) is 0 Å². The fourth-order valence-corrected chi connectivity index (χ4v) is 1.14. The third-order valence-electron chi connectivity index (χ3n) is 1.32. The second-order valence-corrected chi connectivity index (χ2v) is 2.83. The van der Waals surface area contributed by atoms with Crippen LogP contribution in [0.2, 0.25) is 0 Å². The summed E-state index contributed by atoms with van der Waals surface area (Å²) in [4.78, 5) is 0. The second-order valence-electron chi connectivity index (χ2n) is 2.01. The molecule has 0 heterocycles. The van der Waals surface area contributed by atoms with Gasteiger partial charge in [-0.2, -0.15) is 0 Å². The van der Waals surface area contributed by atoms with Crippen molar-refractivity contribution in [1.82, 2.24) is 0 Å². The van der Waals surface area contributed by atoms with Gasteiger partial charge in [0.05, 0.1) is 5.04 Å². The Hall–Kier alpha value is -0.830. The zero-order valence-electron chi connectivity index (χ0n) is 6.10. The van der Waals surface area contributed by atoms with Crippen molar-refractivity contribution in [1.29, 1.82) is 5.41 Å². The molecule has 1 N–H and O–H groups in total. The number of thioether (sulfide) groups is 1. The van der Waals surface area contributed by atoms with E-state index in [0.717, 1.165) is 0 Å². The van der Waals surface area contributed by atoms with Crippen molar-refractivity contribution in [2.45, 2.75) is 0 Å². The molecule has 0 bridgehead atoms. The first kappa shape index (κ1) is 8.27. The third kappa shape index (κ3) is 1.80. The maximum absolute atomic E-state index is 12.9. The summed E-state index contributed by atoms with van der Waals surface area (Å²) in [5.74, 6) is -0.327. The van der Waals surface area contributed by atoms with Gasteiger partial charge >= 0.3 is 0 Å². The summed E-state index contributed by atoms with van der Waals surface area (Å²) in [5.41, 5.74) is 0.375. The van der Waals surface area contributed by atoms with Gasteiger partial charge in [-0.3, -0.25) is 5.41 Å². The van der Waals surface area contributed by atoms with Gasteiger partial charge in [-0.15, -0.1) is 11.8 Å². The molecule has 0 saturated heterocycles. The molecule has 0 radical (unpaired) electrons. The van der Waals surface area contributed by atoms with Crippen molar-refractivity contribution >= 4 is 16.8 Å². The first-order chi connectivity index (χ1) is 5.25. The molecule has 0 aromatic heterocycles. The van der Waals surface area contributed by atoms with E-state index in [1.807, 2.05) is 0 Å². The number of hydrogen-bond acceptors (Lipinski definition) is 2. The normalized spacial score (nSPS) is 9.64. The van der Waals surface area contributed by atoms with Crippen LogP contribution in [-0.4, -0.2) is 11.3 Å². The molecule has 0 amide bonds. The maximum atomic E-state index is 12.9. The molecule has 1 aromatic rings. The Balaban J connectivity index is 3.03. The zero-order valence-corrected chi connectivity index (χ0v) is 6.91. The Kier molecular flexibility index (Phi) is 2.65. The highest BCUT2D eigenvalue weighted by Crippen LogP contribution is 2.12. The van der Waals surface area contributed by atoms with E-state index in [9.17, 15) is 4.39 Å². The second kappa shape index (κ2) is 3.53. The molecule has 1 rings (SSSR count). The Morgan fingerprint density at radius 2 is 2.09 bits per heavy atom. The van der Waals surface area contributed by atoms with Gasteiger partial charge < -0.3 is 0 Å². The largest absolute Gasteiger partial charge is 0.293 e. The van der Waals surface area contributed by atoms with Gasteiger partial charge in [0.1, 0.15) is 5.82 Å². The van der Waals surface area contributed by atoms with Crippen LogP contribution in [0.3, 0.4) is 0 Å². The standard InChI is InChI=1S/C8H8FNS/c1-11-8(10)6-4-2-3-5-7(6)9/h2-5,10H,1H3. The van der Waals surface area contributed by atoms with E-state index in [1.165, 1.54) is 17.8 Å². The number of hydrogen-bond donors (Lipinski definition) is 1. The average molecular weight is 169 g/mol. The molecule has 0 unspecified atom stereocenters. The van der Waals surface area contributed by atoms with Crippen molar-refractivity contribution in [3.8, 4) is 0 Å². The molecule has 0 aliphatic heterocycles. The molecule has 3 heteroatoms. The van der Waals surface area contributed by atoms with Crippen LogP contribution < -0.4 is 0 Å². The predicted octanol–water partition coefficient (Wildman–Crippen LogP) is 2.51. The quantitative estimate of drug-likeness (QED) is 0.507. The van der Waals surface area contributed by atoms with Crippen LogP contribution in [0.15, 0.2) is 24.3 Å². The van der Waals surface area contributed by atoms with Crippen LogP contribution in [0, 0.1) is 11.2 Å². The van der Waals surface area contributed by atoms with Gasteiger partial charge in [0.25, 0.3) is 0 Å². The molecule has 0 aliphatic carbocycles. The molecule has 11 heavy (non-hydrogen) atoms. The lowest BCUT2D eigenvalue weighted by atomic mass is 10.2. The summed E-state index contributed by atoms with van der Waals surface area (Å²) in [7, 11) is 0. The van der Waals surface area contributed by atoms with Gasteiger partial charge in [-0.25, -0.2) is 4.39 Å². The first-order valence-corrected chi connectivity index (χ1v) is 4.35. The van der Waals surface area contributed by atoms with Gasteiger partial charge in [0.2, 0.25) is 0 Å². The first-order valence-electron chi connectivity index (χ1n) is 3.13. The van der Waals surface area contributed by atoms with Crippen LogP contribution in [0.25, 0.3) is 0 Å². The number of benzene rings is 1. The molecule has 0 aliphatic rings. The summed E-state index contributed by atoms with van der Waals surface area (Å²) in [6.07, 6.45) is 1.76. The van der Waals surface area contributed by atoms with Crippen molar-refractivity contribution in [2.24, 2.45) is 0 Å². The van der Waals surface area contributed by atoms with E-state index in [-0.39, 0.29) is 10.9 Å². The molecule has 0 atom stereocenters. The third-order valence-corrected chi connectivity index (χ3v) is 1.95. The maximum Gasteiger partial charge on any atom is 0.133 e. The average Bonchev–Trinajstić information content (AvgIpc) is 2.04. The summed E-state index contributed by atoms with van der Waals surface area (Å²) in [5, 5.41) is 7.61. The van der Waals surface area contributed by atoms with Crippen LogP contribution >= 0.6 is 11.8 Å². The summed E-state index contributed by atoms with van der Waals surface area (Å²) in [6, 6.07) is 6.31. The Morgan fingerprint density at radius 1 is 1.45 bits per heavy atom. The molecule has 0 saturated carbocycles. The molecular formula is C8H8FNS. The summed E-state index contributed by atoms with van der Waals surface area (Å²) >= 11 is 1.24. The van der Waals surface area contributed by atoms with Gasteiger partial charge in [-0.05, 0) is 18.4 Å². The Labute approximate surface area is 69.1 Å². The zero-order chi connectivity index (χ0) is 8.27. The fourth-order valence-electron chi connectivity index (χ4n) is 0.755. The Bertz CT molecular complexity index is 273. The highest BCUT2D eigenvalue weighted by Gasteiger charge is 2.03. The van der Waals surface area contributed by atoms with E-state index in [2.05, 4.69) is 0 Å². The minimum Gasteiger partial charge on any atom is -0.293 e. The minimum atomic E-state index is -0.327. The van der Waals surface area contributed by atoms with Crippen LogP contribution in [0.5, 0.6) is 0 Å². The van der Waals surface area contributed by atoms with E-state index in [4.69, 9.17) is 5.41 Å². The number of halogens is 1. The van der Waals surface area contributed by atoms with Crippen LogP contribution in [0.1, 0.15) is 5.56 Å². The Morgan fingerprint density at radius 3 is 2.64 bits per heavy atom. The SMILES string of the molecule is CSC(=N)c1ccccc1F. The van der Waals surface area contributed by atoms with Crippen molar-refractivity contribution < 1.29 is 4.39 Å². The lowest BCUT2D eigenvalue weighted by Crippen LogP contribution is -1.95. The number of nitrogens with one attached hydrogen (secondary N) is 1. The van der Waals surface area contributed by atoms with Crippen molar-refractivity contribution in [3.05, 3.63) is 35.6 Å².